The van der Waals surface area contributed by atoms with E-state index in [1.54, 1.807) is 6.07 Å². The van der Waals surface area contributed by atoms with Crippen LogP contribution in [0.15, 0.2) is 45.8 Å². The SMILES string of the molecule is O=C(C1CC1)N1CCC(COc2coc(CN3Cc4ccccc4C3)cc2=O)CC1. The second kappa shape index (κ2) is 8.26. The average molecular weight is 408 g/mol. The molecular weight excluding hydrogens is 380 g/mol. The minimum Gasteiger partial charge on any atom is -0.486 e. The Morgan fingerprint density at radius 3 is 2.40 bits per heavy atom. The normalized spacial score (nSPS) is 19.7. The summed E-state index contributed by atoms with van der Waals surface area (Å²) >= 11 is 0. The maximum Gasteiger partial charge on any atom is 0.227 e. The number of fused-ring (bicyclic) bond motifs is 1. The van der Waals surface area contributed by atoms with Crippen molar-refractivity contribution >= 4 is 5.91 Å². The number of rotatable bonds is 6. The molecule has 2 aromatic rings. The Bertz CT molecular complexity index is 948. The van der Waals surface area contributed by atoms with Gasteiger partial charge in [0, 0.05) is 38.2 Å². The van der Waals surface area contributed by atoms with E-state index in [2.05, 4.69) is 29.2 Å². The van der Waals surface area contributed by atoms with E-state index >= 15 is 0 Å². The monoisotopic (exact) mass is 408 g/mol. The molecule has 3 aliphatic rings. The zero-order valence-corrected chi connectivity index (χ0v) is 17.2. The molecule has 158 valence electrons. The molecule has 1 aromatic heterocycles. The highest BCUT2D eigenvalue weighted by molar-refractivity contribution is 5.81. The van der Waals surface area contributed by atoms with Gasteiger partial charge in [0.15, 0.2) is 0 Å². The summed E-state index contributed by atoms with van der Waals surface area (Å²) in [5.74, 6) is 1.92. The van der Waals surface area contributed by atoms with Crippen molar-refractivity contribution < 1.29 is 13.9 Å². The van der Waals surface area contributed by atoms with Crippen molar-refractivity contribution in [3.63, 3.8) is 0 Å². The molecule has 0 unspecified atom stereocenters. The van der Waals surface area contributed by atoms with Crippen LogP contribution in [0.1, 0.15) is 42.6 Å². The summed E-state index contributed by atoms with van der Waals surface area (Å²) in [5.41, 5.74) is 2.55. The van der Waals surface area contributed by atoms with Gasteiger partial charge in [-0.25, -0.2) is 0 Å². The first-order valence-corrected chi connectivity index (χ1v) is 11.0. The molecule has 30 heavy (non-hydrogen) atoms. The Balaban J connectivity index is 1.11. The highest BCUT2D eigenvalue weighted by Gasteiger charge is 2.35. The van der Waals surface area contributed by atoms with Gasteiger partial charge >= 0.3 is 0 Å². The number of nitrogens with zero attached hydrogens (tertiary/aromatic N) is 2. The highest BCUT2D eigenvalue weighted by Crippen LogP contribution is 2.32. The topological polar surface area (TPSA) is 63.0 Å². The Morgan fingerprint density at radius 2 is 1.77 bits per heavy atom. The first-order chi connectivity index (χ1) is 14.7. The van der Waals surface area contributed by atoms with Crippen LogP contribution in [-0.4, -0.2) is 35.4 Å². The third kappa shape index (κ3) is 4.29. The predicted molar refractivity (Wildman–Crippen MR) is 112 cm³/mol. The lowest BCUT2D eigenvalue weighted by molar-refractivity contribution is -0.134. The molecule has 1 amide bonds. The molecule has 1 saturated carbocycles. The molecule has 3 heterocycles. The van der Waals surface area contributed by atoms with Crippen LogP contribution in [0.5, 0.6) is 5.75 Å². The molecule has 0 spiro atoms. The summed E-state index contributed by atoms with van der Waals surface area (Å²) in [7, 11) is 0. The minimum atomic E-state index is -0.130. The quantitative estimate of drug-likeness (QED) is 0.735. The fraction of sp³-hybridized carbons (Fsp3) is 0.500. The number of piperidine rings is 1. The molecule has 0 radical (unpaired) electrons. The van der Waals surface area contributed by atoms with Crippen LogP contribution in [0.4, 0.5) is 0 Å². The Morgan fingerprint density at radius 1 is 1.07 bits per heavy atom. The van der Waals surface area contributed by atoms with Crippen LogP contribution in [-0.2, 0) is 24.4 Å². The van der Waals surface area contributed by atoms with E-state index in [0.717, 1.165) is 51.9 Å². The lowest BCUT2D eigenvalue weighted by Gasteiger charge is -2.32. The van der Waals surface area contributed by atoms with Crippen molar-refractivity contribution in [2.45, 2.75) is 45.3 Å². The molecule has 6 nitrogen and oxygen atoms in total. The molecule has 0 bridgehead atoms. The summed E-state index contributed by atoms with van der Waals surface area (Å²) in [6.07, 6.45) is 5.41. The van der Waals surface area contributed by atoms with Gasteiger partial charge in [-0.1, -0.05) is 24.3 Å². The molecule has 1 aromatic carbocycles. The standard InChI is InChI=1S/C24H28N2O4/c27-22-11-21(14-25-12-19-3-1-2-4-20(19)13-25)29-16-23(22)30-15-17-7-9-26(10-8-17)24(28)18-5-6-18/h1-4,11,16-18H,5-10,12-15H2. The summed E-state index contributed by atoms with van der Waals surface area (Å²) in [6.45, 7) is 4.46. The number of amides is 1. The molecule has 6 heteroatoms. The third-order valence-electron chi connectivity index (χ3n) is 6.47. The molecule has 2 fully saturated rings. The van der Waals surface area contributed by atoms with E-state index in [1.807, 2.05) is 4.90 Å². The second-order valence-corrected chi connectivity index (χ2v) is 8.84. The van der Waals surface area contributed by atoms with E-state index in [9.17, 15) is 9.59 Å². The Hall–Kier alpha value is -2.60. The van der Waals surface area contributed by atoms with Gasteiger partial charge in [-0.15, -0.1) is 0 Å². The van der Waals surface area contributed by atoms with Crippen LogP contribution in [0.25, 0.3) is 0 Å². The number of likely N-dealkylation sites (tertiary alicyclic amines) is 1. The fourth-order valence-electron chi connectivity index (χ4n) is 4.48. The van der Waals surface area contributed by atoms with Crippen molar-refractivity contribution in [2.24, 2.45) is 11.8 Å². The molecular formula is C24H28N2O4. The van der Waals surface area contributed by atoms with Gasteiger partial charge in [0.25, 0.3) is 0 Å². The van der Waals surface area contributed by atoms with Crippen LogP contribution >= 0.6 is 0 Å². The number of hydrogen-bond acceptors (Lipinski definition) is 5. The molecule has 5 rings (SSSR count). The van der Waals surface area contributed by atoms with Crippen molar-refractivity contribution in [3.8, 4) is 5.75 Å². The molecule has 2 aliphatic heterocycles. The van der Waals surface area contributed by atoms with E-state index in [0.29, 0.717) is 30.7 Å². The molecule has 1 saturated heterocycles. The van der Waals surface area contributed by atoms with Crippen LogP contribution < -0.4 is 10.2 Å². The lowest BCUT2D eigenvalue weighted by Crippen LogP contribution is -2.40. The summed E-state index contributed by atoms with van der Waals surface area (Å²) in [4.78, 5) is 28.9. The number of carbonyl (C=O) groups excluding carboxylic acids is 1. The van der Waals surface area contributed by atoms with E-state index in [1.165, 1.54) is 17.4 Å². The third-order valence-corrected chi connectivity index (χ3v) is 6.47. The molecule has 0 atom stereocenters. The smallest absolute Gasteiger partial charge is 0.227 e. The first kappa shape index (κ1) is 19.4. The number of benzene rings is 1. The average Bonchev–Trinajstić information content (AvgIpc) is 3.53. The van der Waals surface area contributed by atoms with Gasteiger partial charge in [0.05, 0.1) is 13.2 Å². The number of carbonyl (C=O) groups is 1. The van der Waals surface area contributed by atoms with Gasteiger partial charge in [0.1, 0.15) is 12.0 Å². The van der Waals surface area contributed by atoms with Crippen LogP contribution in [0.3, 0.4) is 0 Å². The van der Waals surface area contributed by atoms with Gasteiger partial charge in [-0.3, -0.25) is 14.5 Å². The molecule has 1 aliphatic carbocycles. The maximum absolute atomic E-state index is 12.5. The number of ether oxygens (including phenoxy) is 1. The van der Waals surface area contributed by atoms with E-state index in [4.69, 9.17) is 9.15 Å². The zero-order valence-electron chi connectivity index (χ0n) is 17.2. The zero-order chi connectivity index (χ0) is 20.5. The lowest BCUT2D eigenvalue weighted by atomic mass is 9.97. The second-order valence-electron chi connectivity index (χ2n) is 8.84. The molecule has 0 N–H and O–H groups in total. The van der Waals surface area contributed by atoms with Crippen molar-refractivity contribution in [1.82, 2.24) is 9.80 Å². The summed E-state index contributed by atoms with van der Waals surface area (Å²) in [5, 5.41) is 0. The van der Waals surface area contributed by atoms with Gasteiger partial charge in [-0.05, 0) is 42.7 Å². The van der Waals surface area contributed by atoms with Crippen LogP contribution in [0, 0.1) is 11.8 Å². The Labute approximate surface area is 176 Å². The minimum absolute atomic E-state index is 0.130. The number of hydrogen-bond donors (Lipinski definition) is 0. The summed E-state index contributed by atoms with van der Waals surface area (Å²) in [6, 6.07) is 9.96. The van der Waals surface area contributed by atoms with Crippen molar-refractivity contribution in [1.29, 1.82) is 0 Å². The van der Waals surface area contributed by atoms with Gasteiger partial charge in [0.2, 0.25) is 17.1 Å². The van der Waals surface area contributed by atoms with Gasteiger partial charge < -0.3 is 14.1 Å². The summed E-state index contributed by atoms with van der Waals surface area (Å²) < 4.78 is 11.5. The van der Waals surface area contributed by atoms with Crippen LogP contribution in [0.2, 0.25) is 0 Å². The maximum atomic E-state index is 12.5. The first-order valence-electron chi connectivity index (χ1n) is 11.0. The highest BCUT2D eigenvalue weighted by atomic mass is 16.5. The predicted octanol–water partition coefficient (Wildman–Crippen LogP) is 3.18. The fourth-order valence-corrected chi connectivity index (χ4v) is 4.48. The van der Waals surface area contributed by atoms with Gasteiger partial charge in [-0.2, -0.15) is 0 Å². The van der Waals surface area contributed by atoms with E-state index in [-0.39, 0.29) is 17.1 Å². The Kier molecular flexibility index (Phi) is 5.34. The van der Waals surface area contributed by atoms with E-state index < -0.39 is 0 Å². The largest absolute Gasteiger partial charge is 0.486 e. The van der Waals surface area contributed by atoms with Crippen molar-refractivity contribution in [2.75, 3.05) is 19.7 Å². The van der Waals surface area contributed by atoms with Crippen molar-refractivity contribution in [3.05, 3.63) is 63.7 Å².